The number of halogens is 1. The molecule has 0 radical (unpaired) electrons. The third kappa shape index (κ3) is 2.80. The van der Waals surface area contributed by atoms with Crippen molar-refractivity contribution in [1.82, 2.24) is 9.88 Å². The highest BCUT2D eigenvalue weighted by Gasteiger charge is 2.37. The molecule has 0 atom stereocenters. The third-order valence-corrected chi connectivity index (χ3v) is 6.01. The molecule has 2 fully saturated rings. The normalized spacial score (nSPS) is 20.1. The number of carbonyl (C=O) groups is 1. The van der Waals surface area contributed by atoms with Gasteiger partial charge in [-0.15, -0.1) is 0 Å². The number of thiazole rings is 1. The molecule has 0 unspecified atom stereocenters. The van der Waals surface area contributed by atoms with Gasteiger partial charge in [0, 0.05) is 26.2 Å². The molecule has 1 aromatic carbocycles. The molecule has 0 saturated carbocycles. The van der Waals surface area contributed by atoms with Crippen molar-refractivity contribution in [3.63, 3.8) is 0 Å². The minimum absolute atomic E-state index is 0.0900. The van der Waals surface area contributed by atoms with Gasteiger partial charge in [-0.25, -0.2) is 9.37 Å². The summed E-state index contributed by atoms with van der Waals surface area (Å²) < 4.78 is 14.1. The molecule has 4 nitrogen and oxygen atoms in total. The fourth-order valence-electron chi connectivity index (χ4n) is 3.30. The van der Waals surface area contributed by atoms with Crippen LogP contribution in [0.1, 0.15) is 19.8 Å². The summed E-state index contributed by atoms with van der Waals surface area (Å²) in [6, 6.07) is 4.67. The molecule has 0 bridgehead atoms. The van der Waals surface area contributed by atoms with E-state index in [-0.39, 0.29) is 11.7 Å². The molecular formula is C17H20FN3OS. The average Bonchev–Trinajstić information content (AvgIpc) is 2.88. The van der Waals surface area contributed by atoms with Gasteiger partial charge in [0.1, 0.15) is 5.82 Å². The number of carbonyl (C=O) groups excluding carboxylic acids is 1. The Hall–Kier alpha value is -1.69. The predicted molar refractivity (Wildman–Crippen MR) is 90.3 cm³/mol. The topological polar surface area (TPSA) is 36.4 Å². The zero-order valence-corrected chi connectivity index (χ0v) is 14.0. The summed E-state index contributed by atoms with van der Waals surface area (Å²) in [6.07, 6.45) is 2.23. The van der Waals surface area contributed by atoms with E-state index >= 15 is 0 Å². The van der Waals surface area contributed by atoms with Gasteiger partial charge in [0.2, 0.25) is 5.91 Å². The van der Waals surface area contributed by atoms with Gasteiger partial charge < -0.3 is 9.80 Å². The van der Waals surface area contributed by atoms with E-state index in [2.05, 4.69) is 16.8 Å². The van der Waals surface area contributed by atoms with E-state index in [0.717, 1.165) is 60.3 Å². The molecule has 23 heavy (non-hydrogen) atoms. The quantitative estimate of drug-likeness (QED) is 0.847. The number of likely N-dealkylation sites (tertiary alicyclic amines) is 1. The summed E-state index contributed by atoms with van der Waals surface area (Å²) in [4.78, 5) is 21.2. The number of benzene rings is 1. The monoisotopic (exact) mass is 333 g/mol. The van der Waals surface area contributed by atoms with Gasteiger partial charge in [0.15, 0.2) is 5.13 Å². The molecule has 0 spiro atoms. The molecule has 1 aromatic heterocycles. The molecule has 6 heteroatoms. The van der Waals surface area contributed by atoms with E-state index in [1.165, 1.54) is 23.5 Å². The Balaban J connectivity index is 1.39. The van der Waals surface area contributed by atoms with Gasteiger partial charge in [-0.3, -0.25) is 4.79 Å². The number of hydrogen-bond donors (Lipinski definition) is 0. The van der Waals surface area contributed by atoms with Crippen LogP contribution in [0.3, 0.4) is 0 Å². The highest BCUT2D eigenvalue weighted by atomic mass is 32.1. The van der Waals surface area contributed by atoms with Crippen molar-refractivity contribution in [3.8, 4) is 0 Å². The van der Waals surface area contributed by atoms with Crippen molar-refractivity contribution in [3.05, 3.63) is 24.0 Å². The lowest BCUT2D eigenvalue weighted by Gasteiger charge is -2.41. The minimum atomic E-state index is -0.233. The average molecular weight is 333 g/mol. The first-order valence-electron chi connectivity index (χ1n) is 8.20. The SMILES string of the molecule is CC1CCN(C(=O)C2CN(c3nc4ccc(F)cc4s3)C2)CC1. The molecule has 4 rings (SSSR count). The summed E-state index contributed by atoms with van der Waals surface area (Å²) in [5.41, 5.74) is 0.825. The molecule has 2 saturated heterocycles. The van der Waals surface area contributed by atoms with Crippen molar-refractivity contribution in [2.45, 2.75) is 19.8 Å². The Labute approximate surface area is 138 Å². The fraction of sp³-hybridized carbons (Fsp3) is 0.529. The lowest BCUT2D eigenvalue weighted by atomic mass is 9.95. The van der Waals surface area contributed by atoms with Crippen molar-refractivity contribution in [2.75, 3.05) is 31.1 Å². The van der Waals surface area contributed by atoms with Crippen LogP contribution in [0.5, 0.6) is 0 Å². The van der Waals surface area contributed by atoms with Crippen LogP contribution < -0.4 is 4.90 Å². The first-order chi connectivity index (χ1) is 11.1. The molecule has 2 aromatic rings. The molecule has 122 valence electrons. The Morgan fingerprint density at radius 2 is 2.04 bits per heavy atom. The molecule has 2 aliphatic heterocycles. The van der Waals surface area contributed by atoms with E-state index in [9.17, 15) is 9.18 Å². The second-order valence-electron chi connectivity index (χ2n) is 6.72. The third-order valence-electron chi connectivity index (χ3n) is 4.94. The molecule has 1 amide bonds. The summed E-state index contributed by atoms with van der Waals surface area (Å²) in [5.74, 6) is 0.885. The van der Waals surface area contributed by atoms with Crippen molar-refractivity contribution in [2.24, 2.45) is 11.8 Å². The number of nitrogens with zero attached hydrogens (tertiary/aromatic N) is 3. The molecule has 2 aliphatic rings. The predicted octanol–water partition coefficient (Wildman–Crippen LogP) is 3.13. The number of aromatic nitrogens is 1. The van der Waals surface area contributed by atoms with Crippen LogP contribution in [0.15, 0.2) is 18.2 Å². The summed E-state index contributed by atoms with van der Waals surface area (Å²) >= 11 is 1.49. The highest BCUT2D eigenvalue weighted by molar-refractivity contribution is 7.22. The van der Waals surface area contributed by atoms with Crippen LogP contribution in [-0.4, -0.2) is 42.0 Å². The molecular weight excluding hydrogens is 313 g/mol. The van der Waals surface area contributed by atoms with Gasteiger partial charge in [0.25, 0.3) is 0 Å². The van der Waals surface area contributed by atoms with Gasteiger partial charge in [-0.05, 0) is 37.0 Å². The van der Waals surface area contributed by atoms with Crippen LogP contribution in [-0.2, 0) is 4.79 Å². The van der Waals surface area contributed by atoms with Gasteiger partial charge in [0.05, 0.1) is 16.1 Å². The van der Waals surface area contributed by atoms with Crippen LogP contribution in [0.25, 0.3) is 10.2 Å². The van der Waals surface area contributed by atoms with Gasteiger partial charge in [-0.1, -0.05) is 18.3 Å². The smallest absolute Gasteiger partial charge is 0.229 e. The zero-order chi connectivity index (χ0) is 16.0. The number of amides is 1. The van der Waals surface area contributed by atoms with E-state index in [1.807, 2.05) is 4.90 Å². The number of anilines is 1. The largest absolute Gasteiger partial charge is 0.346 e. The van der Waals surface area contributed by atoms with E-state index in [0.29, 0.717) is 5.91 Å². The van der Waals surface area contributed by atoms with Crippen LogP contribution in [0, 0.1) is 17.7 Å². The Bertz CT molecular complexity index is 733. The van der Waals surface area contributed by atoms with E-state index < -0.39 is 0 Å². The molecule has 3 heterocycles. The van der Waals surface area contributed by atoms with Crippen molar-refractivity contribution >= 4 is 32.6 Å². The Morgan fingerprint density at radius 3 is 2.78 bits per heavy atom. The van der Waals surface area contributed by atoms with Crippen LogP contribution in [0.4, 0.5) is 9.52 Å². The first-order valence-corrected chi connectivity index (χ1v) is 9.01. The van der Waals surface area contributed by atoms with Gasteiger partial charge in [-0.2, -0.15) is 0 Å². The second kappa shape index (κ2) is 5.74. The fourth-order valence-corrected chi connectivity index (χ4v) is 4.31. The summed E-state index contributed by atoms with van der Waals surface area (Å²) in [6.45, 7) is 5.51. The number of rotatable bonds is 2. The van der Waals surface area contributed by atoms with E-state index in [1.54, 1.807) is 6.07 Å². The number of fused-ring (bicyclic) bond motifs is 1. The lowest BCUT2D eigenvalue weighted by Crippen LogP contribution is -2.55. The summed E-state index contributed by atoms with van der Waals surface area (Å²) in [5, 5.41) is 0.891. The highest BCUT2D eigenvalue weighted by Crippen LogP contribution is 2.34. The maximum Gasteiger partial charge on any atom is 0.229 e. The second-order valence-corrected chi connectivity index (χ2v) is 7.73. The first kappa shape index (κ1) is 14.9. The van der Waals surface area contributed by atoms with Crippen LogP contribution in [0.2, 0.25) is 0 Å². The molecule has 0 aliphatic carbocycles. The summed E-state index contributed by atoms with van der Waals surface area (Å²) in [7, 11) is 0. The van der Waals surface area contributed by atoms with Crippen LogP contribution >= 0.6 is 11.3 Å². The standard InChI is InChI=1S/C17H20FN3OS/c1-11-4-6-20(7-5-11)16(22)12-9-21(10-12)17-19-14-3-2-13(18)8-15(14)23-17/h2-3,8,11-12H,4-7,9-10H2,1H3. The maximum absolute atomic E-state index is 13.3. The number of piperidine rings is 1. The zero-order valence-electron chi connectivity index (χ0n) is 13.2. The lowest BCUT2D eigenvalue weighted by molar-refractivity contribution is -0.137. The Morgan fingerprint density at radius 1 is 1.30 bits per heavy atom. The van der Waals surface area contributed by atoms with Crippen molar-refractivity contribution in [1.29, 1.82) is 0 Å². The van der Waals surface area contributed by atoms with E-state index in [4.69, 9.17) is 0 Å². The molecule has 0 N–H and O–H groups in total. The Kier molecular flexibility index (Phi) is 3.71. The van der Waals surface area contributed by atoms with Gasteiger partial charge >= 0.3 is 0 Å². The maximum atomic E-state index is 13.3. The van der Waals surface area contributed by atoms with Crippen molar-refractivity contribution < 1.29 is 9.18 Å². The number of hydrogen-bond acceptors (Lipinski definition) is 4. The minimum Gasteiger partial charge on any atom is -0.346 e.